The van der Waals surface area contributed by atoms with Gasteiger partial charge in [-0.2, -0.15) is 5.10 Å². The highest BCUT2D eigenvalue weighted by Gasteiger charge is 2.59. The molecule has 0 saturated heterocycles. The Labute approximate surface area is 245 Å². The highest BCUT2D eigenvalue weighted by atomic mass is 16.8. The van der Waals surface area contributed by atoms with Gasteiger partial charge in [0.2, 0.25) is 0 Å². The van der Waals surface area contributed by atoms with Crippen molar-refractivity contribution < 1.29 is 10.4 Å². The first kappa shape index (κ1) is 30.3. The summed E-state index contributed by atoms with van der Waals surface area (Å²) < 4.78 is 0. The summed E-state index contributed by atoms with van der Waals surface area (Å²) >= 11 is 0. The van der Waals surface area contributed by atoms with Crippen molar-refractivity contribution in [3.8, 4) is 0 Å². The van der Waals surface area contributed by atoms with Crippen LogP contribution in [0.15, 0.2) is 34.9 Å². The summed E-state index contributed by atoms with van der Waals surface area (Å²) in [4.78, 5) is 0. The lowest BCUT2D eigenvalue weighted by molar-refractivity contribution is -0.0573. The molecule has 0 heterocycles. The third-order valence-corrected chi connectivity index (χ3v) is 11.9. The van der Waals surface area contributed by atoms with Gasteiger partial charge >= 0.3 is 0 Å². The molecule has 228 valence electrons. The molecule has 1 aromatic rings. The molecule has 4 aliphatic rings. The van der Waals surface area contributed by atoms with Crippen LogP contribution in [0.25, 0.3) is 0 Å². The summed E-state index contributed by atoms with van der Waals surface area (Å²) in [5, 5.41) is 45.3. The second-order valence-corrected chi connectivity index (χ2v) is 14.5. The van der Waals surface area contributed by atoms with Crippen LogP contribution in [-0.2, 0) is 0 Å². The topological polar surface area (TPSA) is 117 Å². The molecule has 0 aliphatic heterocycles. The minimum atomic E-state index is -0.570. The maximum atomic E-state index is 11.1. The van der Waals surface area contributed by atoms with Crippen molar-refractivity contribution >= 4 is 22.8 Å². The Balaban J connectivity index is 1.28. The van der Waals surface area contributed by atoms with Crippen LogP contribution in [0.2, 0.25) is 0 Å². The normalized spacial score (nSPS) is 34.5. The number of hydrogen-bond donors (Lipinski definition) is 3. The molecule has 0 bridgehead atoms. The lowest BCUT2D eigenvalue weighted by Crippen LogP contribution is -2.51. The van der Waals surface area contributed by atoms with Crippen LogP contribution >= 0.6 is 0 Å². The van der Waals surface area contributed by atoms with Gasteiger partial charge in [-0.3, -0.25) is 15.8 Å². The van der Waals surface area contributed by atoms with Crippen LogP contribution < -0.4 is 15.9 Å². The van der Waals surface area contributed by atoms with Crippen LogP contribution in [0.1, 0.15) is 105 Å². The van der Waals surface area contributed by atoms with Crippen molar-refractivity contribution in [2.24, 2.45) is 51.4 Å². The molecule has 0 aromatic heterocycles. The molecule has 1 aromatic carbocycles. The lowest BCUT2D eigenvalue weighted by atomic mass is 9.46. The Hall–Kier alpha value is -2.13. The van der Waals surface area contributed by atoms with Crippen molar-refractivity contribution in [3.05, 3.63) is 40.3 Å². The quantitative estimate of drug-likeness (QED) is 0.255. The zero-order chi connectivity index (χ0) is 29.5. The van der Waals surface area contributed by atoms with E-state index in [0.29, 0.717) is 11.1 Å². The summed E-state index contributed by atoms with van der Waals surface area (Å²) in [5.41, 5.74) is 6.05. The molecule has 3 saturated carbocycles. The second kappa shape index (κ2) is 11.9. The fourth-order valence-electron chi connectivity index (χ4n) is 9.71. The Morgan fingerprint density at radius 2 is 1.78 bits per heavy atom. The van der Waals surface area contributed by atoms with E-state index in [1.165, 1.54) is 69.1 Å². The van der Waals surface area contributed by atoms with Gasteiger partial charge in [0, 0.05) is 5.69 Å². The minimum Gasteiger partial charge on any atom is -0.769 e. The van der Waals surface area contributed by atoms with Crippen LogP contribution in [-0.4, -0.2) is 16.1 Å². The SMILES string of the molecule is CC(C)CCC[C@@H](C)[C@@H]1CC[C@@H]2[C@@H]3CCC4=CC(=NNc5ccc(N([O-])[O-])cc5N(O)O)CC[C@]4(C)[C@@H]3CC[C@@]21C. The van der Waals surface area contributed by atoms with Gasteiger partial charge in [-0.1, -0.05) is 59.5 Å². The Morgan fingerprint density at radius 1 is 1.00 bits per heavy atom. The summed E-state index contributed by atoms with van der Waals surface area (Å²) in [6.45, 7) is 12.4. The van der Waals surface area contributed by atoms with Gasteiger partial charge in [0.25, 0.3) is 0 Å². The molecule has 4 aliphatic carbocycles. The first-order chi connectivity index (χ1) is 19.4. The Bertz CT molecular complexity index is 1150. The first-order valence-corrected chi connectivity index (χ1v) is 15.9. The largest absolute Gasteiger partial charge is 0.769 e. The third kappa shape index (κ3) is 5.77. The average molecular weight is 567 g/mol. The highest BCUT2D eigenvalue weighted by Crippen LogP contribution is 2.67. The summed E-state index contributed by atoms with van der Waals surface area (Å²) in [5.74, 6) is 4.93. The fraction of sp³-hybridized carbons (Fsp3) is 0.727. The van der Waals surface area contributed by atoms with Gasteiger partial charge in [-0.15, -0.1) is 5.23 Å². The number of anilines is 3. The van der Waals surface area contributed by atoms with Gasteiger partial charge in [-0.05, 0) is 122 Å². The summed E-state index contributed by atoms with van der Waals surface area (Å²) in [7, 11) is 0. The van der Waals surface area contributed by atoms with E-state index in [1.54, 1.807) is 0 Å². The Morgan fingerprint density at radius 3 is 2.49 bits per heavy atom. The molecule has 3 fully saturated rings. The molecular formula is C33H50N4O4-2. The van der Waals surface area contributed by atoms with Gasteiger partial charge in [0.05, 0.1) is 11.4 Å². The van der Waals surface area contributed by atoms with Crippen molar-refractivity contribution in [1.82, 2.24) is 0 Å². The molecule has 0 spiro atoms. The molecule has 8 nitrogen and oxygen atoms in total. The van der Waals surface area contributed by atoms with E-state index < -0.39 is 5.23 Å². The molecule has 0 amide bonds. The summed E-state index contributed by atoms with van der Waals surface area (Å²) in [6.07, 6.45) is 16.3. The monoisotopic (exact) mass is 566 g/mol. The number of hydrazone groups is 1. The van der Waals surface area contributed by atoms with Gasteiger partial charge in [-0.25, -0.2) is 0 Å². The molecule has 7 atom stereocenters. The maximum absolute atomic E-state index is 11.1. The van der Waals surface area contributed by atoms with Crippen molar-refractivity contribution in [2.75, 3.05) is 15.9 Å². The van der Waals surface area contributed by atoms with Crippen LogP contribution in [0, 0.1) is 56.8 Å². The molecule has 0 radical (unpaired) electrons. The van der Waals surface area contributed by atoms with E-state index in [-0.39, 0.29) is 22.0 Å². The predicted octanol–water partition coefficient (Wildman–Crippen LogP) is 8.88. The standard InChI is InChI=1S/C33H50N4O4/c1-21(2)7-6-8-22(3)27-12-13-28-26-11-9-23-19-24(15-17-32(23,4)29(26)16-18-33(27,28)5)34-35-30-14-10-25(36(38)39)20-31(30)37(40)41/h10,14,19-22,26-29,35,40-41H,6-9,11-13,15-18H2,1-5H3/q-2/t22-,26+,27+,28-,29-,32+,33-/m1/s1. The van der Waals surface area contributed by atoms with E-state index >= 15 is 0 Å². The van der Waals surface area contributed by atoms with Gasteiger partial charge in [0.15, 0.2) is 0 Å². The van der Waals surface area contributed by atoms with Gasteiger partial charge in [0.1, 0.15) is 5.69 Å². The summed E-state index contributed by atoms with van der Waals surface area (Å²) in [6, 6.07) is 3.88. The van der Waals surface area contributed by atoms with Crippen LogP contribution in [0.3, 0.4) is 0 Å². The lowest BCUT2D eigenvalue weighted by Gasteiger charge is -2.58. The van der Waals surface area contributed by atoms with Gasteiger partial charge < -0.3 is 15.6 Å². The molecule has 5 rings (SSSR count). The molecule has 8 heteroatoms. The molecular weight excluding hydrogens is 516 g/mol. The van der Waals surface area contributed by atoms with Crippen LogP contribution in [0.5, 0.6) is 0 Å². The second-order valence-electron chi connectivity index (χ2n) is 14.5. The van der Waals surface area contributed by atoms with E-state index in [2.05, 4.69) is 51.2 Å². The predicted molar refractivity (Wildman–Crippen MR) is 166 cm³/mol. The number of fused-ring (bicyclic) bond motifs is 5. The van der Waals surface area contributed by atoms with Crippen molar-refractivity contribution in [3.63, 3.8) is 0 Å². The number of benzene rings is 1. The zero-order valence-electron chi connectivity index (χ0n) is 25.6. The first-order valence-electron chi connectivity index (χ1n) is 15.9. The van der Waals surface area contributed by atoms with Crippen LogP contribution in [0.4, 0.5) is 17.1 Å². The number of hydrogen-bond acceptors (Lipinski definition) is 8. The third-order valence-electron chi connectivity index (χ3n) is 11.9. The van der Waals surface area contributed by atoms with E-state index in [4.69, 9.17) is 0 Å². The zero-order valence-corrected chi connectivity index (χ0v) is 25.6. The molecule has 41 heavy (non-hydrogen) atoms. The minimum absolute atomic E-state index is 0.107. The Kier molecular flexibility index (Phi) is 8.78. The average Bonchev–Trinajstić information content (AvgIpc) is 3.28. The number of allylic oxidation sites excluding steroid dienone is 2. The van der Waals surface area contributed by atoms with Crippen molar-refractivity contribution in [1.29, 1.82) is 0 Å². The van der Waals surface area contributed by atoms with E-state index in [1.807, 2.05) is 0 Å². The van der Waals surface area contributed by atoms with E-state index in [0.717, 1.165) is 66.5 Å². The number of nitrogens with one attached hydrogen (secondary N) is 1. The highest BCUT2D eigenvalue weighted by molar-refractivity contribution is 5.97. The molecule has 3 N–H and O–H groups in total. The number of rotatable bonds is 9. The van der Waals surface area contributed by atoms with E-state index in [9.17, 15) is 20.8 Å². The maximum Gasteiger partial charge on any atom is 0.121 e. The van der Waals surface area contributed by atoms with Crippen molar-refractivity contribution in [2.45, 2.75) is 105 Å². The molecule has 0 unspecified atom stereocenters. The fourth-order valence-corrected chi connectivity index (χ4v) is 9.71. The smallest absolute Gasteiger partial charge is 0.121 e. The number of nitrogens with zero attached hydrogens (tertiary/aromatic N) is 3.